The van der Waals surface area contributed by atoms with E-state index in [4.69, 9.17) is 5.11 Å². The number of carboxylic acids is 1. The van der Waals surface area contributed by atoms with Gasteiger partial charge in [-0.05, 0) is 38.0 Å². The van der Waals surface area contributed by atoms with E-state index in [1.807, 2.05) is 0 Å². The van der Waals surface area contributed by atoms with Crippen molar-refractivity contribution in [1.29, 1.82) is 0 Å². The summed E-state index contributed by atoms with van der Waals surface area (Å²) in [7, 11) is 0. The molecule has 0 saturated heterocycles. The van der Waals surface area contributed by atoms with Gasteiger partial charge in [-0.2, -0.15) is 13.2 Å². The van der Waals surface area contributed by atoms with E-state index in [2.05, 4.69) is 0 Å². The maximum Gasteiger partial charge on any atom is 0.421 e. The van der Waals surface area contributed by atoms with Crippen LogP contribution in [0, 0.1) is 13.8 Å². The summed E-state index contributed by atoms with van der Waals surface area (Å²) >= 11 is 0. The Morgan fingerprint density at radius 3 is 2.00 bits per heavy atom. The van der Waals surface area contributed by atoms with Gasteiger partial charge in [0, 0.05) is 5.56 Å². The summed E-state index contributed by atoms with van der Waals surface area (Å²) in [6.07, 6.45) is -4.95. The van der Waals surface area contributed by atoms with Crippen LogP contribution < -0.4 is 0 Å². The number of rotatable bonds is 2. The molecule has 0 fully saturated rings. The summed E-state index contributed by atoms with van der Waals surface area (Å²) in [6, 6.07) is 2.19. The monoisotopic (exact) mass is 262 g/mol. The van der Waals surface area contributed by atoms with E-state index in [1.54, 1.807) is 13.8 Å². The normalized spacial score (nSPS) is 15.3. The van der Waals surface area contributed by atoms with E-state index in [-0.39, 0.29) is 0 Å². The summed E-state index contributed by atoms with van der Waals surface area (Å²) in [5.74, 6) is -1.50. The van der Waals surface area contributed by atoms with E-state index in [0.717, 1.165) is 12.1 Å². The van der Waals surface area contributed by atoms with Crippen molar-refractivity contribution in [3.63, 3.8) is 0 Å². The van der Waals surface area contributed by atoms with Crippen LogP contribution in [-0.4, -0.2) is 22.4 Å². The van der Waals surface area contributed by atoms with Crippen LogP contribution in [0.15, 0.2) is 12.1 Å². The van der Waals surface area contributed by atoms with Crippen LogP contribution in [0.1, 0.15) is 34.0 Å². The number of carbonyl (C=O) groups is 1. The van der Waals surface area contributed by atoms with E-state index in [0.29, 0.717) is 18.1 Å². The predicted molar refractivity (Wildman–Crippen MR) is 58.5 cm³/mol. The standard InChI is InChI=1S/C12H13F3O3/c1-6-4-8(10(16)17)9(5-7(6)2)11(3,18)12(13,14)15/h4-5,18H,1-3H3,(H,16,17). The summed E-state index contributed by atoms with van der Waals surface area (Å²) < 4.78 is 38.3. The average molecular weight is 262 g/mol. The van der Waals surface area contributed by atoms with Crippen molar-refractivity contribution in [3.05, 3.63) is 34.4 Å². The van der Waals surface area contributed by atoms with Crippen LogP contribution in [-0.2, 0) is 5.60 Å². The summed E-state index contributed by atoms with van der Waals surface area (Å²) in [6.45, 7) is 3.69. The molecule has 18 heavy (non-hydrogen) atoms. The Morgan fingerprint density at radius 1 is 1.17 bits per heavy atom. The van der Waals surface area contributed by atoms with Crippen LogP contribution in [0.2, 0.25) is 0 Å². The molecular formula is C12H13F3O3. The van der Waals surface area contributed by atoms with Crippen LogP contribution in [0.4, 0.5) is 13.2 Å². The van der Waals surface area contributed by atoms with Crippen molar-refractivity contribution in [3.8, 4) is 0 Å². The van der Waals surface area contributed by atoms with E-state index >= 15 is 0 Å². The summed E-state index contributed by atoms with van der Waals surface area (Å²) in [5, 5.41) is 18.5. The van der Waals surface area contributed by atoms with Gasteiger partial charge in [0.2, 0.25) is 0 Å². The first-order valence-corrected chi connectivity index (χ1v) is 5.12. The van der Waals surface area contributed by atoms with Gasteiger partial charge in [0.25, 0.3) is 0 Å². The number of benzene rings is 1. The SMILES string of the molecule is Cc1cc(C(=O)O)c(C(C)(O)C(F)(F)F)cc1C. The van der Waals surface area contributed by atoms with E-state index < -0.39 is 28.9 Å². The molecule has 0 aromatic heterocycles. The Bertz CT molecular complexity index is 490. The number of aryl methyl sites for hydroxylation is 2. The van der Waals surface area contributed by atoms with Gasteiger partial charge in [-0.15, -0.1) is 0 Å². The molecule has 0 saturated carbocycles. The fourth-order valence-corrected chi connectivity index (χ4v) is 1.55. The molecule has 0 aliphatic heterocycles. The lowest BCUT2D eigenvalue weighted by molar-refractivity contribution is -0.259. The zero-order valence-corrected chi connectivity index (χ0v) is 10.1. The van der Waals surface area contributed by atoms with E-state index in [9.17, 15) is 23.1 Å². The van der Waals surface area contributed by atoms with Crippen molar-refractivity contribution < 1.29 is 28.2 Å². The van der Waals surface area contributed by atoms with Crippen molar-refractivity contribution in [2.45, 2.75) is 32.5 Å². The third-order valence-electron chi connectivity index (χ3n) is 2.94. The molecule has 0 spiro atoms. The smallest absolute Gasteiger partial charge is 0.421 e. The first-order valence-electron chi connectivity index (χ1n) is 5.12. The maximum atomic E-state index is 12.8. The predicted octanol–water partition coefficient (Wildman–Crippen LogP) is 2.77. The molecule has 0 heterocycles. The van der Waals surface area contributed by atoms with Crippen molar-refractivity contribution in [1.82, 2.24) is 0 Å². The van der Waals surface area contributed by atoms with Gasteiger partial charge >= 0.3 is 12.1 Å². The Labute approximate surface area is 102 Å². The van der Waals surface area contributed by atoms with Crippen LogP contribution in [0.5, 0.6) is 0 Å². The topological polar surface area (TPSA) is 57.5 Å². The first-order chi connectivity index (χ1) is 7.98. The van der Waals surface area contributed by atoms with Gasteiger partial charge in [-0.25, -0.2) is 4.79 Å². The molecule has 3 nitrogen and oxygen atoms in total. The zero-order valence-electron chi connectivity index (χ0n) is 10.1. The molecule has 1 atom stereocenters. The second-order valence-electron chi connectivity index (χ2n) is 4.36. The highest BCUT2D eigenvalue weighted by atomic mass is 19.4. The molecule has 0 bridgehead atoms. The van der Waals surface area contributed by atoms with Crippen molar-refractivity contribution in [2.24, 2.45) is 0 Å². The number of alkyl halides is 3. The fraction of sp³-hybridized carbons (Fsp3) is 0.417. The lowest BCUT2D eigenvalue weighted by Gasteiger charge is -2.28. The maximum absolute atomic E-state index is 12.8. The number of halogens is 3. The van der Waals surface area contributed by atoms with Gasteiger partial charge in [0.1, 0.15) is 0 Å². The molecule has 1 aromatic rings. The average Bonchev–Trinajstić information content (AvgIpc) is 2.19. The third kappa shape index (κ3) is 2.33. The molecule has 0 amide bonds. The van der Waals surface area contributed by atoms with Crippen LogP contribution in [0.25, 0.3) is 0 Å². The molecule has 1 unspecified atom stereocenters. The first kappa shape index (κ1) is 14.5. The quantitative estimate of drug-likeness (QED) is 0.861. The molecule has 0 aliphatic rings. The molecular weight excluding hydrogens is 249 g/mol. The highest BCUT2D eigenvalue weighted by molar-refractivity contribution is 5.90. The highest BCUT2D eigenvalue weighted by Gasteiger charge is 2.52. The molecule has 6 heteroatoms. The number of carboxylic acid groups (broad SMARTS) is 1. The van der Waals surface area contributed by atoms with Gasteiger partial charge in [-0.1, -0.05) is 6.07 Å². The second-order valence-corrected chi connectivity index (χ2v) is 4.36. The van der Waals surface area contributed by atoms with Crippen LogP contribution >= 0.6 is 0 Å². The molecule has 2 N–H and O–H groups in total. The van der Waals surface area contributed by atoms with E-state index in [1.165, 1.54) is 0 Å². The molecule has 0 aliphatic carbocycles. The van der Waals surface area contributed by atoms with Gasteiger partial charge in [0.15, 0.2) is 5.60 Å². The number of hydrogen-bond donors (Lipinski definition) is 2. The molecule has 1 rings (SSSR count). The minimum Gasteiger partial charge on any atom is -0.478 e. The summed E-state index contributed by atoms with van der Waals surface area (Å²) in [5.41, 5.74) is -3.35. The minimum atomic E-state index is -4.95. The van der Waals surface area contributed by atoms with Crippen molar-refractivity contribution >= 4 is 5.97 Å². The van der Waals surface area contributed by atoms with Crippen LogP contribution in [0.3, 0.4) is 0 Å². The lowest BCUT2D eigenvalue weighted by atomic mass is 9.88. The third-order valence-corrected chi connectivity index (χ3v) is 2.94. The van der Waals surface area contributed by atoms with Gasteiger partial charge in [-0.3, -0.25) is 0 Å². The molecule has 1 aromatic carbocycles. The lowest BCUT2D eigenvalue weighted by Crippen LogP contribution is -2.40. The minimum absolute atomic E-state index is 0.486. The fourth-order valence-electron chi connectivity index (χ4n) is 1.55. The van der Waals surface area contributed by atoms with Crippen molar-refractivity contribution in [2.75, 3.05) is 0 Å². The zero-order chi connectivity index (χ0) is 14.3. The highest BCUT2D eigenvalue weighted by Crippen LogP contribution is 2.40. The Morgan fingerprint density at radius 2 is 1.61 bits per heavy atom. The number of aromatic carboxylic acids is 1. The molecule has 100 valence electrons. The van der Waals surface area contributed by atoms with Gasteiger partial charge in [0.05, 0.1) is 5.56 Å². The Balaban J connectivity index is 3.58. The Kier molecular flexibility index (Phi) is 3.44. The number of aliphatic hydroxyl groups is 1. The van der Waals surface area contributed by atoms with Gasteiger partial charge < -0.3 is 10.2 Å². The number of hydrogen-bond acceptors (Lipinski definition) is 2. The Hall–Kier alpha value is -1.56. The summed E-state index contributed by atoms with van der Waals surface area (Å²) in [4.78, 5) is 11.0. The largest absolute Gasteiger partial charge is 0.478 e. The molecule has 0 radical (unpaired) electrons. The second kappa shape index (κ2) is 4.28.